The fraction of sp³-hybridized carbons (Fsp3) is 0.200. The Morgan fingerprint density at radius 2 is 1.93 bits per heavy atom. The summed E-state index contributed by atoms with van der Waals surface area (Å²) in [5, 5.41) is 21.3. The Hall–Kier alpha value is -2.84. The van der Waals surface area contributed by atoms with Crippen molar-refractivity contribution in [2.45, 2.75) is 25.4 Å². The number of aromatic hydroxyl groups is 1. The first-order valence-electron chi connectivity index (χ1n) is 8.61. The number of carbonyl (C=O) groups is 2. The SMILES string of the molecule is O=C(/C=C/CCC[C@H](OC(=O)Nc1ccccc1)c1cc(Br)ccc1O)NO. The highest BCUT2D eigenvalue weighted by molar-refractivity contribution is 9.10. The van der Waals surface area contributed by atoms with Crippen molar-refractivity contribution >= 4 is 33.6 Å². The number of para-hydroxylation sites is 1. The van der Waals surface area contributed by atoms with Gasteiger partial charge in [0.2, 0.25) is 0 Å². The van der Waals surface area contributed by atoms with Crippen molar-refractivity contribution in [3.8, 4) is 5.75 Å². The third-order valence-electron chi connectivity index (χ3n) is 3.82. The van der Waals surface area contributed by atoms with Gasteiger partial charge in [-0.2, -0.15) is 0 Å². The number of phenols is 1. The molecule has 0 bridgehead atoms. The smallest absolute Gasteiger partial charge is 0.412 e. The quantitative estimate of drug-likeness (QED) is 0.203. The lowest BCUT2D eigenvalue weighted by atomic mass is 10.0. The third kappa shape index (κ3) is 7.05. The summed E-state index contributed by atoms with van der Waals surface area (Å²) in [6.07, 6.45) is 3.05. The molecule has 7 nitrogen and oxygen atoms in total. The number of halogens is 1. The Morgan fingerprint density at radius 1 is 1.18 bits per heavy atom. The van der Waals surface area contributed by atoms with E-state index in [2.05, 4.69) is 21.2 Å². The van der Waals surface area contributed by atoms with Crippen molar-refractivity contribution in [1.29, 1.82) is 0 Å². The number of anilines is 1. The molecular weight excluding hydrogens is 428 g/mol. The molecule has 2 rings (SSSR count). The van der Waals surface area contributed by atoms with Crippen LogP contribution in [0.25, 0.3) is 0 Å². The van der Waals surface area contributed by atoms with Crippen LogP contribution in [0.2, 0.25) is 0 Å². The minimum absolute atomic E-state index is 0.0240. The molecule has 0 radical (unpaired) electrons. The van der Waals surface area contributed by atoms with Crippen molar-refractivity contribution in [1.82, 2.24) is 5.48 Å². The zero-order chi connectivity index (χ0) is 20.4. The maximum atomic E-state index is 12.3. The summed E-state index contributed by atoms with van der Waals surface area (Å²) in [6, 6.07) is 13.8. The number of hydroxylamine groups is 1. The van der Waals surface area contributed by atoms with Crippen LogP contribution in [-0.4, -0.2) is 22.3 Å². The van der Waals surface area contributed by atoms with Crippen molar-refractivity contribution in [3.63, 3.8) is 0 Å². The average Bonchev–Trinajstić information content (AvgIpc) is 2.69. The summed E-state index contributed by atoms with van der Waals surface area (Å²) < 4.78 is 6.30. The van der Waals surface area contributed by atoms with E-state index in [0.29, 0.717) is 30.5 Å². The first kappa shape index (κ1) is 21.5. The van der Waals surface area contributed by atoms with Gasteiger partial charge in [-0.3, -0.25) is 15.3 Å². The predicted molar refractivity (Wildman–Crippen MR) is 108 cm³/mol. The molecule has 28 heavy (non-hydrogen) atoms. The summed E-state index contributed by atoms with van der Waals surface area (Å²) in [6.45, 7) is 0. The molecule has 8 heteroatoms. The summed E-state index contributed by atoms with van der Waals surface area (Å²) in [7, 11) is 0. The van der Waals surface area contributed by atoms with E-state index >= 15 is 0 Å². The Morgan fingerprint density at radius 3 is 2.64 bits per heavy atom. The number of phenolic OH excluding ortho intramolecular Hbond substituents is 1. The van der Waals surface area contributed by atoms with Gasteiger partial charge in [0.25, 0.3) is 5.91 Å². The fourth-order valence-electron chi connectivity index (χ4n) is 2.51. The molecule has 0 heterocycles. The van der Waals surface area contributed by atoms with Crippen LogP contribution < -0.4 is 10.8 Å². The minimum Gasteiger partial charge on any atom is -0.508 e. The molecule has 0 saturated heterocycles. The van der Waals surface area contributed by atoms with Gasteiger partial charge in [-0.15, -0.1) is 0 Å². The van der Waals surface area contributed by atoms with Gasteiger partial charge in [-0.05, 0) is 49.6 Å². The standard InChI is InChI=1S/C20H21BrN2O5/c21-14-11-12-17(24)16(13-14)18(9-5-2-6-10-19(25)23-27)28-20(26)22-15-7-3-1-4-8-15/h1,3-4,6-8,10-13,18,24,27H,2,5,9H2,(H,22,26)(H,23,25)/b10-6+/t18-/m0/s1. The highest BCUT2D eigenvalue weighted by atomic mass is 79.9. The molecule has 148 valence electrons. The molecule has 0 aliphatic carbocycles. The van der Waals surface area contributed by atoms with Crippen molar-refractivity contribution in [2.24, 2.45) is 0 Å². The average molecular weight is 449 g/mol. The molecular formula is C20H21BrN2O5. The van der Waals surface area contributed by atoms with E-state index in [1.54, 1.807) is 42.5 Å². The highest BCUT2D eigenvalue weighted by Crippen LogP contribution is 2.33. The van der Waals surface area contributed by atoms with E-state index < -0.39 is 18.1 Å². The number of hydrogen-bond acceptors (Lipinski definition) is 5. The number of rotatable bonds is 8. The normalized spacial score (nSPS) is 11.8. The third-order valence-corrected chi connectivity index (χ3v) is 4.32. The van der Waals surface area contributed by atoms with Gasteiger partial charge in [-0.25, -0.2) is 10.3 Å². The van der Waals surface area contributed by atoms with Gasteiger partial charge in [0, 0.05) is 21.8 Å². The zero-order valence-electron chi connectivity index (χ0n) is 15.0. The molecule has 2 aromatic rings. The monoisotopic (exact) mass is 448 g/mol. The number of allylic oxidation sites excluding steroid dienone is 1. The van der Waals surface area contributed by atoms with E-state index in [1.165, 1.54) is 17.6 Å². The lowest BCUT2D eigenvalue weighted by Crippen LogP contribution is -2.18. The van der Waals surface area contributed by atoms with Gasteiger partial charge in [-0.1, -0.05) is 40.2 Å². The van der Waals surface area contributed by atoms with Gasteiger partial charge in [0.05, 0.1) is 0 Å². The number of amides is 2. The Labute approximate surface area is 171 Å². The maximum Gasteiger partial charge on any atom is 0.412 e. The fourth-order valence-corrected chi connectivity index (χ4v) is 2.89. The van der Waals surface area contributed by atoms with E-state index in [1.807, 2.05) is 6.07 Å². The number of benzene rings is 2. The van der Waals surface area contributed by atoms with E-state index in [-0.39, 0.29) is 5.75 Å². The predicted octanol–water partition coefficient (Wildman–Crippen LogP) is 4.68. The lowest BCUT2D eigenvalue weighted by Gasteiger charge is -2.20. The van der Waals surface area contributed by atoms with Crippen molar-refractivity contribution < 1.29 is 24.6 Å². The van der Waals surface area contributed by atoms with Gasteiger partial charge >= 0.3 is 6.09 Å². The number of ether oxygens (including phenoxy) is 1. The van der Waals surface area contributed by atoms with E-state index in [0.717, 1.165) is 4.47 Å². The minimum atomic E-state index is -0.679. The second-order valence-corrected chi connectivity index (χ2v) is 6.81. The van der Waals surface area contributed by atoms with Crippen LogP contribution in [0.3, 0.4) is 0 Å². The highest BCUT2D eigenvalue weighted by Gasteiger charge is 2.20. The number of nitrogens with one attached hydrogen (secondary N) is 2. The van der Waals surface area contributed by atoms with Gasteiger partial charge in [0.15, 0.2) is 0 Å². The van der Waals surface area contributed by atoms with Crippen LogP contribution in [0.1, 0.15) is 30.9 Å². The summed E-state index contributed by atoms with van der Waals surface area (Å²) in [5.41, 5.74) is 2.59. The number of carbonyl (C=O) groups excluding carboxylic acids is 2. The molecule has 4 N–H and O–H groups in total. The van der Waals surface area contributed by atoms with Gasteiger partial charge < -0.3 is 9.84 Å². The topological polar surface area (TPSA) is 108 Å². The summed E-state index contributed by atoms with van der Waals surface area (Å²) in [4.78, 5) is 23.3. The van der Waals surface area contributed by atoms with Gasteiger partial charge in [0.1, 0.15) is 11.9 Å². The first-order chi connectivity index (χ1) is 13.5. The Kier molecular flexibility index (Phi) is 8.51. The Bertz CT molecular complexity index is 827. The molecule has 0 aromatic heterocycles. The van der Waals surface area contributed by atoms with Crippen molar-refractivity contribution in [2.75, 3.05) is 5.32 Å². The zero-order valence-corrected chi connectivity index (χ0v) is 16.6. The molecule has 0 aliphatic rings. The molecule has 0 unspecified atom stereocenters. The maximum absolute atomic E-state index is 12.3. The molecule has 1 atom stereocenters. The molecule has 2 aromatic carbocycles. The van der Waals surface area contributed by atoms with Crippen LogP contribution >= 0.6 is 15.9 Å². The van der Waals surface area contributed by atoms with Crippen LogP contribution in [0, 0.1) is 0 Å². The number of hydrogen-bond donors (Lipinski definition) is 4. The number of unbranched alkanes of at least 4 members (excludes halogenated alkanes) is 1. The first-order valence-corrected chi connectivity index (χ1v) is 9.40. The summed E-state index contributed by atoms with van der Waals surface area (Å²) >= 11 is 3.36. The van der Waals surface area contributed by atoms with Crippen LogP contribution in [-0.2, 0) is 9.53 Å². The Balaban J connectivity index is 2.05. The van der Waals surface area contributed by atoms with Crippen LogP contribution in [0.5, 0.6) is 5.75 Å². The molecule has 0 fully saturated rings. The van der Waals surface area contributed by atoms with Crippen LogP contribution in [0.4, 0.5) is 10.5 Å². The largest absolute Gasteiger partial charge is 0.508 e. The van der Waals surface area contributed by atoms with E-state index in [4.69, 9.17) is 9.94 Å². The van der Waals surface area contributed by atoms with E-state index in [9.17, 15) is 14.7 Å². The molecule has 0 aliphatic heterocycles. The lowest BCUT2D eigenvalue weighted by molar-refractivity contribution is -0.124. The summed E-state index contributed by atoms with van der Waals surface area (Å²) in [5.74, 6) is -0.587. The second kappa shape index (κ2) is 11.1. The molecule has 0 saturated carbocycles. The van der Waals surface area contributed by atoms with Crippen LogP contribution in [0.15, 0.2) is 65.2 Å². The molecule has 0 spiro atoms. The second-order valence-electron chi connectivity index (χ2n) is 5.90. The van der Waals surface area contributed by atoms with Crippen molar-refractivity contribution in [3.05, 3.63) is 70.7 Å². The molecule has 2 amide bonds.